The number of hydrogen-bond acceptors (Lipinski definition) is 3. The second kappa shape index (κ2) is 4.28. The SMILES string of the molecule is NC(=O)C1CCCN([C@@H]2CCOC2)C1. The standard InChI is InChI=1S/C10H18N2O2/c11-10(13)8-2-1-4-12(6-8)9-3-5-14-7-9/h8-9H,1-7H2,(H2,11,13)/t8?,9-/m1/s1. The predicted molar refractivity (Wildman–Crippen MR) is 52.7 cm³/mol. The van der Waals surface area contributed by atoms with Gasteiger partial charge in [0.25, 0.3) is 0 Å². The van der Waals surface area contributed by atoms with E-state index in [9.17, 15) is 4.79 Å². The lowest BCUT2D eigenvalue weighted by Gasteiger charge is -2.34. The van der Waals surface area contributed by atoms with E-state index in [2.05, 4.69) is 4.90 Å². The zero-order valence-electron chi connectivity index (χ0n) is 8.45. The molecule has 1 unspecified atom stereocenters. The summed E-state index contributed by atoms with van der Waals surface area (Å²) >= 11 is 0. The zero-order valence-corrected chi connectivity index (χ0v) is 8.45. The monoisotopic (exact) mass is 198 g/mol. The van der Waals surface area contributed by atoms with Gasteiger partial charge < -0.3 is 10.5 Å². The summed E-state index contributed by atoms with van der Waals surface area (Å²) in [5.74, 6) is -0.0852. The number of rotatable bonds is 2. The maximum Gasteiger partial charge on any atom is 0.221 e. The van der Waals surface area contributed by atoms with Gasteiger partial charge in [-0.15, -0.1) is 0 Å². The summed E-state index contributed by atoms with van der Waals surface area (Å²) in [5, 5.41) is 0. The summed E-state index contributed by atoms with van der Waals surface area (Å²) in [6.07, 6.45) is 3.15. The van der Waals surface area contributed by atoms with Crippen LogP contribution in [0.4, 0.5) is 0 Å². The lowest BCUT2D eigenvalue weighted by Crippen LogP contribution is -2.46. The van der Waals surface area contributed by atoms with E-state index in [1.165, 1.54) is 0 Å². The highest BCUT2D eigenvalue weighted by Crippen LogP contribution is 2.21. The predicted octanol–water partition coefficient (Wildman–Crippen LogP) is -0.0274. The summed E-state index contributed by atoms with van der Waals surface area (Å²) in [5.41, 5.74) is 5.33. The average molecular weight is 198 g/mol. The van der Waals surface area contributed by atoms with Crippen LogP contribution in [0.3, 0.4) is 0 Å². The maximum atomic E-state index is 11.1. The molecule has 0 aliphatic carbocycles. The Balaban J connectivity index is 1.89. The van der Waals surface area contributed by atoms with Crippen molar-refractivity contribution in [3.63, 3.8) is 0 Å². The fraction of sp³-hybridized carbons (Fsp3) is 0.900. The van der Waals surface area contributed by atoms with Crippen LogP contribution in [0.5, 0.6) is 0 Å². The van der Waals surface area contributed by atoms with Gasteiger partial charge in [0.05, 0.1) is 12.5 Å². The molecule has 2 fully saturated rings. The molecule has 14 heavy (non-hydrogen) atoms. The molecule has 2 aliphatic heterocycles. The van der Waals surface area contributed by atoms with Crippen molar-refractivity contribution in [3.05, 3.63) is 0 Å². The Morgan fingerprint density at radius 1 is 1.43 bits per heavy atom. The van der Waals surface area contributed by atoms with Crippen molar-refractivity contribution >= 4 is 5.91 Å². The number of nitrogens with two attached hydrogens (primary N) is 1. The van der Waals surface area contributed by atoms with Crippen molar-refractivity contribution in [2.45, 2.75) is 25.3 Å². The molecule has 2 saturated heterocycles. The van der Waals surface area contributed by atoms with Gasteiger partial charge in [-0.3, -0.25) is 9.69 Å². The minimum atomic E-state index is -0.145. The number of hydrogen-bond donors (Lipinski definition) is 1. The van der Waals surface area contributed by atoms with Crippen molar-refractivity contribution in [2.24, 2.45) is 11.7 Å². The first kappa shape index (κ1) is 9.93. The highest BCUT2D eigenvalue weighted by atomic mass is 16.5. The lowest BCUT2D eigenvalue weighted by atomic mass is 9.96. The molecular formula is C10H18N2O2. The summed E-state index contributed by atoms with van der Waals surface area (Å²) in [6.45, 7) is 3.62. The van der Waals surface area contributed by atoms with E-state index in [4.69, 9.17) is 10.5 Å². The number of carbonyl (C=O) groups excluding carboxylic acids is 1. The number of carbonyl (C=O) groups is 1. The molecule has 0 aromatic heterocycles. The Morgan fingerprint density at radius 3 is 2.93 bits per heavy atom. The van der Waals surface area contributed by atoms with E-state index < -0.39 is 0 Å². The maximum absolute atomic E-state index is 11.1. The highest BCUT2D eigenvalue weighted by Gasteiger charge is 2.30. The quantitative estimate of drug-likeness (QED) is 0.678. The van der Waals surface area contributed by atoms with Gasteiger partial charge in [0.2, 0.25) is 5.91 Å². The third-order valence-corrected chi connectivity index (χ3v) is 3.28. The molecule has 2 N–H and O–H groups in total. The average Bonchev–Trinajstić information content (AvgIpc) is 2.71. The van der Waals surface area contributed by atoms with Crippen LogP contribution >= 0.6 is 0 Å². The summed E-state index contributed by atoms with van der Waals surface area (Å²) in [4.78, 5) is 13.4. The molecule has 0 aromatic carbocycles. The first-order chi connectivity index (χ1) is 6.77. The molecule has 0 spiro atoms. The fourth-order valence-electron chi connectivity index (χ4n) is 2.38. The van der Waals surface area contributed by atoms with Gasteiger partial charge in [0.1, 0.15) is 0 Å². The molecule has 2 heterocycles. The molecule has 0 bridgehead atoms. The van der Waals surface area contributed by atoms with Gasteiger partial charge in [-0.05, 0) is 25.8 Å². The number of ether oxygens (including phenoxy) is 1. The second-order valence-electron chi connectivity index (χ2n) is 4.25. The first-order valence-corrected chi connectivity index (χ1v) is 5.38. The van der Waals surface area contributed by atoms with Crippen LogP contribution < -0.4 is 5.73 Å². The van der Waals surface area contributed by atoms with E-state index in [-0.39, 0.29) is 11.8 Å². The molecule has 1 amide bonds. The largest absolute Gasteiger partial charge is 0.380 e. The zero-order chi connectivity index (χ0) is 9.97. The lowest BCUT2D eigenvalue weighted by molar-refractivity contribution is -0.123. The number of likely N-dealkylation sites (tertiary alicyclic amines) is 1. The molecular weight excluding hydrogens is 180 g/mol. The normalized spacial score (nSPS) is 34.6. The van der Waals surface area contributed by atoms with Gasteiger partial charge in [-0.1, -0.05) is 0 Å². The van der Waals surface area contributed by atoms with Crippen LogP contribution in [0.25, 0.3) is 0 Å². The van der Waals surface area contributed by atoms with Crippen molar-refractivity contribution in [1.82, 2.24) is 4.90 Å². The Morgan fingerprint density at radius 2 is 2.29 bits per heavy atom. The van der Waals surface area contributed by atoms with Crippen LogP contribution in [0.1, 0.15) is 19.3 Å². The topological polar surface area (TPSA) is 55.6 Å². The van der Waals surface area contributed by atoms with Crippen LogP contribution in [0.2, 0.25) is 0 Å². The van der Waals surface area contributed by atoms with Gasteiger partial charge in [0.15, 0.2) is 0 Å². The van der Waals surface area contributed by atoms with Gasteiger partial charge >= 0.3 is 0 Å². The van der Waals surface area contributed by atoms with Crippen LogP contribution in [-0.4, -0.2) is 43.2 Å². The van der Waals surface area contributed by atoms with E-state index in [1.807, 2.05) is 0 Å². The molecule has 4 nitrogen and oxygen atoms in total. The molecule has 80 valence electrons. The summed E-state index contributed by atoms with van der Waals surface area (Å²) < 4.78 is 5.35. The van der Waals surface area contributed by atoms with Crippen molar-refractivity contribution in [3.8, 4) is 0 Å². The molecule has 4 heteroatoms. The Labute approximate surface area is 84.4 Å². The molecule has 2 atom stereocenters. The van der Waals surface area contributed by atoms with Crippen LogP contribution in [-0.2, 0) is 9.53 Å². The molecule has 0 aromatic rings. The van der Waals surface area contributed by atoms with Crippen molar-refractivity contribution < 1.29 is 9.53 Å². The van der Waals surface area contributed by atoms with Gasteiger partial charge in [0, 0.05) is 19.2 Å². The minimum Gasteiger partial charge on any atom is -0.380 e. The summed E-state index contributed by atoms with van der Waals surface area (Å²) in [7, 11) is 0. The Bertz CT molecular complexity index is 214. The van der Waals surface area contributed by atoms with E-state index in [1.54, 1.807) is 0 Å². The second-order valence-corrected chi connectivity index (χ2v) is 4.25. The van der Waals surface area contributed by atoms with Gasteiger partial charge in [-0.25, -0.2) is 0 Å². The Kier molecular flexibility index (Phi) is 3.03. The van der Waals surface area contributed by atoms with E-state index in [0.717, 1.165) is 45.6 Å². The molecule has 0 saturated carbocycles. The molecule has 0 radical (unpaired) electrons. The van der Waals surface area contributed by atoms with Crippen LogP contribution in [0.15, 0.2) is 0 Å². The number of nitrogens with zero attached hydrogens (tertiary/aromatic N) is 1. The van der Waals surface area contributed by atoms with E-state index >= 15 is 0 Å². The smallest absolute Gasteiger partial charge is 0.221 e. The third kappa shape index (κ3) is 2.07. The highest BCUT2D eigenvalue weighted by molar-refractivity contribution is 5.76. The number of piperidine rings is 1. The number of primary amides is 1. The summed E-state index contributed by atoms with van der Waals surface area (Å²) in [6, 6.07) is 0.525. The minimum absolute atomic E-state index is 0.0596. The Hall–Kier alpha value is -0.610. The van der Waals surface area contributed by atoms with E-state index in [0.29, 0.717) is 6.04 Å². The fourth-order valence-corrected chi connectivity index (χ4v) is 2.38. The third-order valence-electron chi connectivity index (χ3n) is 3.28. The first-order valence-electron chi connectivity index (χ1n) is 5.38. The van der Waals surface area contributed by atoms with Crippen LogP contribution in [0, 0.1) is 5.92 Å². The van der Waals surface area contributed by atoms with Crippen molar-refractivity contribution in [1.29, 1.82) is 0 Å². The van der Waals surface area contributed by atoms with Crippen molar-refractivity contribution in [2.75, 3.05) is 26.3 Å². The number of amides is 1. The molecule has 2 aliphatic rings. The van der Waals surface area contributed by atoms with Gasteiger partial charge in [-0.2, -0.15) is 0 Å². The molecule has 2 rings (SSSR count).